The number of nitrogens with zero attached hydrogens (tertiary/aromatic N) is 2. The van der Waals surface area contributed by atoms with Gasteiger partial charge in [0.25, 0.3) is 0 Å². The van der Waals surface area contributed by atoms with Crippen LogP contribution in [-0.4, -0.2) is 21.9 Å². The van der Waals surface area contributed by atoms with E-state index in [9.17, 15) is 26.7 Å². The van der Waals surface area contributed by atoms with Crippen molar-refractivity contribution in [2.75, 3.05) is 0 Å². The molecule has 34 heavy (non-hydrogen) atoms. The van der Waals surface area contributed by atoms with Gasteiger partial charge in [0.1, 0.15) is 5.75 Å². The summed E-state index contributed by atoms with van der Waals surface area (Å²) in [6, 6.07) is 8.47. The number of aromatic nitrogens is 2. The molecule has 3 rings (SSSR count). The number of carbonyl (C=O) groups excluding carboxylic acids is 1. The quantitative estimate of drug-likeness (QED) is 0.176. The van der Waals surface area contributed by atoms with Gasteiger partial charge in [-0.25, -0.2) is 31.4 Å². The van der Waals surface area contributed by atoms with Crippen LogP contribution in [0.5, 0.6) is 11.6 Å². The maximum Gasteiger partial charge on any atom is 0.353 e. The first kappa shape index (κ1) is 25.5. The average molecular weight is 500 g/mol. The van der Waals surface area contributed by atoms with Crippen LogP contribution in [0.3, 0.4) is 0 Å². The second-order valence-electron chi connectivity index (χ2n) is 8.30. The van der Waals surface area contributed by atoms with Gasteiger partial charge < -0.3 is 9.47 Å². The fraction of sp³-hybridized carbons (Fsp3) is 0.304. The fourth-order valence-electron chi connectivity index (χ4n) is 2.86. The lowest BCUT2D eigenvalue weighted by molar-refractivity contribution is -0.142. The van der Waals surface area contributed by atoms with Crippen LogP contribution in [0.4, 0.5) is 22.0 Å². The summed E-state index contributed by atoms with van der Waals surface area (Å²) in [6.45, 7) is 8.09. The summed E-state index contributed by atoms with van der Waals surface area (Å²) < 4.78 is 81.9. The lowest BCUT2D eigenvalue weighted by Crippen LogP contribution is -2.31. The van der Waals surface area contributed by atoms with Crippen LogP contribution in [0, 0.1) is 36.0 Å². The van der Waals surface area contributed by atoms with E-state index in [1.807, 2.05) is 0 Å². The molecule has 1 aromatic heterocycles. The summed E-state index contributed by atoms with van der Waals surface area (Å²) in [6.07, 6.45) is -1.09. The Bertz CT molecular complexity index is 1200. The molecule has 0 amide bonds. The Morgan fingerprint density at radius 3 is 2.00 bits per heavy atom. The third-order valence-corrected chi connectivity index (χ3v) is 5.80. The molecular weight excluding hydrogens is 479 g/mol. The molecule has 0 radical (unpaired) electrons. The highest BCUT2D eigenvalue weighted by atomic mass is 32.2. The van der Waals surface area contributed by atoms with Crippen LogP contribution < -0.4 is 9.47 Å². The molecule has 3 aromatic rings. The molecule has 0 aliphatic carbocycles. The van der Waals surface area contributed by atoms with Crippen molar-refractivity contribution in [3.63, 3.8) is 0 Å². The van der Waals surface area contributed by atoms with E-state index in [0.29, 0.717) is 5.75 Å². The standard InChI is InChI=1S/C23H21F5N2O3S/c1-11-19(34-20-17(27)15(25)14(24)16(26)18(20)28)21(30(29-11)23(3,4)5)33-22(31)12(2)32-13-9-7-6-8-10-13/h6-10,12H,1-5H3. The van der Waals surface area contributed by atoms with E-state index in [1.54, 1.807) is 51.1 Å². The highest BCUT2D eigenvalue weighted by Crippen LogP contribution is 2.43. The molecule has 2 aromatic carbocycles. The van der Waals surface area contributed by atoms with Crippen LogP contribution in [0.15, 0.2) is 40.1 Å². The van der Waals surface area contributed by atoms with Gasteiger partial charge in [0.2, 0.25) is 11.7 Å². The monoisotopic (exact) mass is 500 g/mol. The molecule has 1 atom stereocenters. The van der Waals surface area contributed by atoms with E-state index < -0.39 is 51.6 Å². The Balaban J connectivity index is 2.02. The molecule has 182 valence electrons. The van der Waals surface area contributed by atoms with Gasteiger partial charge in [-0.3, -0.25) is 0 Å². The number of para-hydroxylation sites is 1. The molecule has 0 saturated heterocycles. The summed E-state index contributed by atoms with van der Waals surface area (Å²) >= 11 is 0.228. The number of rotatable bonds is 6. The van der Waals surface area contributed by atoms with E-state index in [0.717, 1.165) is 0 Å². The van der Waals surface area contributed by atoms with Crippen molar-refractivity contribution in [1.82, 2.24) is 9.78 Å². The van der Waals surface area contributed by atoms with E-state index in [4.69, 9.17) is 9.47 Å². The van der Waals surface area contributed by atoms with Crippen LogP contribution in [0.1, 0.15) is 33.4 Å². The number of ether oxygens (including phenoxy) is 2. The molecular formula is C23H21F5N2O3S. The van der Waals surface area contributed by atoms with Crippen molar-refractivity contribution in [1.29, 1.82) is 0 Å². The van der Waals surface area contributed by atoms with Crippen LogP contribution in [-0.2, 0) is 10.3 Å². The Labute approximate surface area is 196 Å². The average Bonchev–Trinajstić information content (AvgIpc) is 3.09. The van der Waals surface area contributed by atoms with Gasteiger partial charge in [0.15, 0.2) is 29.4 Å². The molecule has 5 nitrogen and oxygen atoms in total. The van der Waals surface area contributed by atoms with E-state index in [1.165, 1.54) is 18.5 Å². The van der Waals surface area contributed by atoms with Crippen molar-refractivity contribution in [2.24, 2.45) is 0 Å². The van der Waals surface area contributed by atoms with Gasteiger partial charge in [0, 0.05) is 0 Å². The SMILES string of the molecule is Cc1nn(C(C)(C)C)c(OC(=O)C(C)Oc2ccccc2)c1Sc1c(F)c(F)c(F)c(F)c1F. The fourth-order valence-corrected chi connectivity index (χ4v) is 3.83. The lowest BCUT2D eigenvalue weighted by atomic mass is 10.1. The predicted molar refractivity (Wildman–Crippen MR) is 114 cm³/mol. The molecule has 0 aliphatic heterocycles. The Hall–Kier alpha value is -3.08. The van der Waals surface area contributed by atoms with Gasteiger partial charge in [0.05, 0.1) is 21.0 Å². The molecule has 1 unspecified atom stereocenters. The summed E-state index contributed by atoms with van der Waals surface area (Å²) in [5.41, 5.74) is -0.609. The zero-order chi connectivity index (χ0) is 25.4. The summed E-state index contributed by atoms with van der Waals surface area (Å²) in [7, 11) is 0. The molecule has 1 heterocycles. The van der Waals surface area contributed by atoms with Crippen molar-refractivity contribution >= 4 is 17.7 Å². The molecule has 0 fully saturated rings. The number of aryl methyl sites for hydroxylation is 1. The summed E-state index contributed by atoms with van der Waals surface area (Å²) in [5, 5.41) is 4.27. The topological polar surface area (TPSA) is 53.4 Å². The first-order chi connectivity index (χ1) is 15.8. The molecule has 0 spiro atoms. The largest absolute Gasteiger partial charge is 0.479 e. The summed E-state index contributed by atoms with van der Waals surface area (Å²) in [5.74, 6) is -11.1. The van der Waals surface area contributed by atoms with Crippen molar-refractivity contribution in [3.8, 4) is 11.6 Å². The van der Waals surface area contributed by atoms with E-state index in [2.05, 4.69) is 5.10 Å². The van der Waals surface area contributed by atoms with E-state index in [-0.39, 0.29) is 28.2 Å². The minimum Gasteiger partial charge on any atom is -0.479 e. The number of benzene rings is 2. The van der Waals surface area contributed by atoms with Gasteiger partial charge in [-0.2, -0.15) is 5.10 Å². The van der Waals surface area contributed by atoms with Gasteiger partial charge >= 0.3 is 5.97 Å². The van der Waals surface area contributed by atoms with Crippen molar-refractivity contribution in [2.45, 2.75) is 56.1 Å². The zero-order valence-corrected chi connectivity index (χ0v) is 19.7. The molecule has 0 aliphatic rings. The second kappa shape index (κ2) is 9.65. The van der Waals surface area contributed by atoms with Gasteiger partial charge in [-0.05, 0) is 46.8 Å². The highest BCUT2D eigenvalue weighted by molar-refractivity contribution is 7.99. The Morgan fingerprint density at radius 1 is 0.941 bits per heavy atom. The number of halogens is 5. The summed E-state index contributed by atoms with van der Waals surface area (Å²) in [4.78, 5) is 11.6. The van der Waals surface area contributed by atoms with Crippen LogP contribution >= 0.6 is 11.8 Å². The zero-order valence-electron chi connectivity index (χ0n) is 18.9. The number of carbonyl (C=O) groups is 1. The molecule has 11 heteroatoms. The Kier molecular flexibility index (Phi) is 7.25. The maximum atomic E-state index is 14.3. The smallest absolute Gasteiger partial charge is 0.353 e. The first-order valence-corrected chi connectivity index (χ1v) is 10.9. The van der Waals surface area contributed by atoms with Crippen LogP contribution in [0.25, 0.3) is 0 Å². The van der Waals surface area contributed by atoms with Gasteiger partial charge in [-0.1, -0.05) is 30.0 Å². The van der Waals surface area contributed by atoms with Crippen molar-refractivity contribution < 1.29 is 36.2 Å². The Morgan fingerprint density at radius 2 is 1.47 bits per heavy atom. The minimum absolute atomic E-state index is 0.0848. The minimum atomic E-state index is -2.26. The third kappa shape index (κ3) is 5.03. The lowest BCUT2D eigenvalue weighted by Gasteiger charge is -2.23. The van der Waals surface area contributed by atoms with Crippen LogP contribution in [0.2, 0.25) is 0 Å². The maximum absolute atomic E-state index is 14.3. The van der Waals surface area contributed by atoms with Crippen molar-refractivity contribution in [3.05, 3.63) is 65.1 Å². The molecule has 0 saturated carbocycles. The number of hydrogen-bond donors (Lipinski definition) is 0. The highest BCUT2D eigenvalue weighted by Gasteiger charge is 2.32. The molecule has 0 N–H and O–H groups in total. The first-order valence-electron chi connectivity index (χ1n) is 10.1. The van der Waals surface area contributed by atoms with Gasteiger partial charge in [-0.15, -0.1) is 0 Å². The number of hydrogen-bond acceptors (Lipinski definition) is 5. The predicted octanol–water partition coefficient (Wildman–Crippen LogP) is 6.17. The second-order valence-corrected chi connectivity index (χ2v) is 9.32. The molecule has 0 bridgehead atoms. The number of esters is 1. The third-order valence-electron chi connectivity index (χ3n) is 4.56. The van der Waals surface area contributed by atoms with E-state index >= 15 is 0 Å². The normalized spacial score (nSPS) is 12.5.